The van der Waals surface area contributed by atoms with E-state index >= 15 is 0 Å². The lowest BCUT2D eigenvalue weighted by Gasteiger charge is -2.09. The fraction of sp³-hybridized carbons (Fsp3) is 0.200. The minimum absolute atomic E-state index is 0.184. The van der Waals surface area contributed by atoms with Gasteiger partial charge in [0.1, 0.15) is 30.5 Å². The van der Waals surface area contributed by atoms with Crippen molar-refractivity contribution in [2.24, 2.45) is 5.73 Å². The quantitative estimate of drug-likeness (QED) is 0.813. The van der Waals surface area contributed by atoms with Gasteiger partial charge in [-0.3, -0.25) is 0 Å². The van der Waals surface area contributed by atoms with E-state index in [0.29, 0.717) is 24.5 Å². The fourth-order valence-electron chi connectivity index (χ4n) is 1.62. The van der Waals surface area contributed by atoms with Crippen molar-refractivity contribution in [2.75, 3.05) is 13.2 Å². The first-order chi connectivity index (χ1) is 9.29. The minimum atomic E-state index is -0.344. The van der Waals surface area contributed by atoms with Crippen molar-refractivity contribution in [1.29, 1.82) is 0 Å². The maximum absolute atomic E-state index is 13.4. The highest BCUT2D eigenvalue weighted by Gasteiger charge is 2.02. The van der Waals surface area contributed by atoms with Crippen LogP contribution in [0.15, 0.2) is 48.5 Å². The van der Waals surface area contributed by atoms with E-state index in [-0.39, 0.29) is 12.4 Å². The molecule has 0 atom stereocenters. The number of para-hydroxylation sites is 1. The van der Waals surface area contributed by atoms with Gasteiger partial charge in [-0.25, -0.2) is 4.39 Å². The Hall–Kier alpha value is -2.07. The predicted octanol–water partition coefficient (Wildman–Crippen LogP) is 2.74. The van der Waals surface area contributed by atoms with Crippen LogP contribution in [-0.4, -0.2) is 13.2 Å². The average Bonchev–Trinajstić information content (AvgIpc) is 2.45. The molecule has 2 aromatic rings. The lowest BCUT2D eigenvalue weighted by atomic mass is 10.2. The second-order valence-corrected chi connectivity index (χ2v) is 3.97. The van der Waals surface area contributed by atoms with Crippen molar-refractivity contribution in [1.82, 2.24) is 0 Å². The van der Waals surface area contributed by atoms with E-state index in [1.807, 2.05) is 30.3 Å². The van der Waals surface area contributed by atoms with Crippen molar-refractivity contribution < 1.29 is 13.9 Å². The summed E-state index contributed by atoms with van der Waals surface area (Å²) >= 11 is 0. The molecule has 0 saturated carbocycles. The Kier molecular flexibility index (Phi) is 4.75. The van der Waals surface area contributed by atoms with Gasteiger partial charge in [0, 0.05) is 18.2 Å². The smallest absolute Gasteiger partial charge is 0.131 e. The molecule has 0 saturated heterocycles. The summed E-state index contributed by atoms with van der Waals surface area (Å²) in [7, 11) is 0. The summed E-state index contributed by atoms with van der Waals surface area (Å²) in [5.41, 5.74) is 5.87. The normalized spacial score (nSPS) is 10.2. The van der Waals surface area contributed by atoms with E-state index < -0.39 is 0 Å². The zero-order valence-corrected chi connectivity index (χ0v) is 10.5. The van der Waals surface area contributed by atoms with Crippen molar-refractivity contribution in [3.05, 3.63) is 59.9 Å². The standard InChI is InChI=1S/C15H16FNO2/c16-15-10-14(7-6-12(15)11-17)19-9-8-18-13-4-2-1-3-5-13/h1-7,10H,8-9,11,17H2. The second kappa shape index (κ2) is 6.75. The molecule has 100 valence electrons. The van der Waals surface area contributed by atoms with Crippen LogP contribution in [0.1, 0.15) is 5.56 Å². The zero-order chi connectivity index (χ0) is 13.5. The Morgan fingerprint density at radius 1 is 0.895 bits per heavy atom. The first-order valence-corrected chi connectivity index (χ1v) is 6.09. The molecule has 0 aromatic heterocycles. The molecule has 2 N–H and O–H groups in total. The van der Waals surface area contributed by atoms with E-state index in [4.69, 9.17) is 15.2 Å². The molecule has 2 aromatic carbocycles. The van der Waals surface area contributed by atoms with Gasteiger partial charge in [-0.05, 0) is 18.2 Å². The van der Waals surface area contributed by atoms with Gasteiger partial charge in [0.15, 0.2) is 0 Å². The summed E-state index contributed by atoms with van der Waals surface area (Å²) in [4.78, 5) is 0. The lowest BCUT2D eigenvalue weighted by molar-refractivity contribution is 0.216. The maximum Gasteiger partial charge on any atom is 0.131 e. The Balaban J connectivity index is 1.78. The summed E-state index contributed by atoms with van der Waals surface area (Å²) < 4.78 is 24.3. The maximum atomic E-state index is 13.4. The Labute approximate surface area is 111 Å². The molecule has 0 fully saturated rings. The SMILES string of the molecule is NCc1ccc(OCCOc2ccccc2)cc1F. The number of benzene rings is 2. The van der Waals surface area contributed by atoms with Crippen LogP contribution in [0.4, 0.5) is 4.39 Å². The van der Waals surface area contributed by atoms with Crippen molar-refractivity contribution in [3.63, 3.8) is 0 Å². The minimum Gasteiger partial charge on any atom is -0.490 e. The molecule has 0 radical (unpaired) electrons. The Morgan fingerprint density at radius 2 is 1.58 bits per heavy atom. The van der Waals surface area contributed by atoms with Gasteiger partial charge in [0.2, 0.25) is 0 Å². The van der Waals surface area contributed by atoms with E-state index in [0.717, 1.165) is 5.75 Å². The van der Waals surface area contributed by atoms with Crippen LogP contribution in [0, 0.1) is 5.82 Å². The number of hydrogen-bond donors (Lipinski definition) is 1. The highest BCUT2D eigenvalue weighted by atomic mass is 19.1. The molecule has 0 unspecified atom stereocenters. The van der Waals surface area contributed by atoms with Crippen LogP contribution >= 0.6 is 0 Å². The molecule has 0 heterocycles. The molecular weight excluding hydrogens is 245 g/mol. The van der Waals surface area contributed by atoms with Crippen molar-refractivity contribution >= 4 is 0 Å². The van der Waals surface area contributed by atoms with Gasteiger partial charge < -0.3 is 15.2 Å². The Morgan fingerprint density at radius 3 is 2.21 bits per heavy atom. The summed E-state index contributed by atoms with van der Waals surface area (Å²) in [5, 5.41) is 0. The monoisotopic (exact) mass is 261 g/mol. The molecule has 0 bridgehead atoms. The molecule has 0 spiro atoms. The summed E-state index contributed by atoms with van der Waals surface area (Å²) in [6.45, 7) is 0.948. The summed E-state index contributed by atoms with van der Waals surface area (Å²) in [6.07, 6.45) is 0. The lowest BCUT2D eigenvalue weighted by Crippen LogP contribution is -2.09. The largest absolute Gasteiger partial charge is 0.490 e. The summed E-state index contributed by atoms with van der Waals surface area (Å²) in [5.74, 6) is 0.922. The van der Waals surface area contributed by atoms with Crippen LogP contribution in [0.3, 0.4) is 0 Å². The number of hydrogen-bond acceptors (Lipinski definition) is 3. The molecule has 0 aliphatic rings. The average molecular weight is 261 g/mol. The van der Waals surface area contributed by atoms with Gasteiger partial charge in [0.25, 0.3) is 0 Å². The third-order valence-corrected chi connectivity index (χ3v) is 2.61. The van der Waals surface area contributed by atoms with Gasteiger partial charge in [-0.1, -0.05) is 24.3 Å². The zero-order valence-electron chi connectivity index (χ0n) is 10.5. The van der Waals surface area contributed by atoms with Gasteiger partial charge >= 0.3 is 0 Å². The van der Waals surface area contributed by atoms with Crippen molar-refractivity contribution in [3.8, 4) is 11.5 Å². The van der Waals surface area contributed by atoms with Crippen LogP contribution in [0.25, 0.3) is 0 Å². The van der Waals surface area contributed by atoms with Crippen LogP contribution in [0.2, 0.25) is 0 Å². The molecule has 2 rings (SSSR count). The predicted molar refractivity (Wildman–Crippen MR) is 71.7 cm³/mol. The molecule has 0 aliphatic carbocycles. The van der Waals surface area contributed by atoms with Crippen LogP contribution in [-0.2, 0) is 6.54 Å². The van der Waals surface area contributed by atoms with E-state index in [1.54, 1.807) is 12.1 Å². The number of halogens is 1. The Bertz CT molecular complexity index is 517. The molecular formula is C15H16FNO2. The third-order valence-electron chi connectivity index (χ3n) is 2.61. The van der Waals surface area contributed by atoms with Gasteiger partial charge in [-0.15, -0.1) is 0 Å². The van der Waals surface area contributed by atoms with Gasteiger partial charge in [0.05, 0.1) is 0 Å². The molecule has 0 aliphatic heterocycles. The molecule has 19 heavy (non-hydrogen) atoms. The molecule has 3 nitrogen and oxygen atoms in total. The number of rotatable bonds is 6. The fourth-order valence-corrected chi connectivity index (χ4v) is 1.62. The van der Waals surface area contributed by atoms with Crippen LogP contribution in [0.5, 0.6) is 11.5 Å². The first kappa shape index (κ1) is 13.4. The van der Waals surface area contributed by atoms with Crippen molar-refractivity contribution in [2.45, 2.75) is 6.54 Å². The van der Waals surface area contributed by atoms with Gasteiger partial charge in [-0.2, -0.15) is 0 Å². The molecule has 0 amide bonds. The van der Waals surface area contributed by atoms with E-state index in [2.05, 4.69) is 0 Å². The van der Waals surface area contributed by atoms with E-state index in [9.17, 15) is 4.39 Å². The molecule has 4 heteroatoms. The first-order valence-electron chi connectivity index (χ1n) is 6.09. The topological polar surface area (TPSA) is 44.5 Å². The highest BCUT2D eigenvalue weighted by Crippen LogP contribution is 2.16. The number of nitrogens with two attached hydrogens (primary N) is 1. The van der Waals surface area contributed by atoms with Crippen LogP contribution < -0.4 is 15.2 Å². The highest BCUT2D eigenvalue weighted by molar-refractivity contribution is 5.28. The third kappa shape index (κ3) is 3.96. The second-order valence-electron chi connectivity index (χ2n) is 3.97. The summed E-state index contributed by atoms with van der Waals surface area (Å²) in [6, 6.07) is 14.1. The number of ether oxygens (including phenoxy) is 2. The van der Waals surface area contributed by atoms with E-state index in [1.165, 1.54) is 6.07 Å².